The number of rotatable bonds is 5. The Bertz CT molecular complexity index is 836. The van der Waals surface area contributed by atoms with E-state index in [4.69, 9.17) is 13.1 Å². The molecule has 2 aromatic carbocycles. The zero-order valence-corrected chi connectivity index (χ0v) is 14.1. The molecular weight excluding hydrogens is 298 g/mol. The minimum absolute atomic E-state index is 0.301. The van der Waals surface area contributed by atoms with Crippen LogP contribution in [0.25, 0.3) is 9.69 Å². The van der Waals surface area contributed by atoms with Gasteiger partial charge in [-0.3, -0.25) is 9.69 Å². The van der Waals surface area contributed by atoms with Gasteiger partial charge in [-0.05, 0) is 56.7 Å². The SMILES string of the molecule is [C-]#[N+]c1ccc(N=Nc2ccc(N(CC)CC)cc2C)cc1[N+]#[C-]. The maximum absolute atomic E-state index is 7.12. The van der Waals surface area contributed by atoms with Crippen molar-refractivity contribution in [2.24, 2.45) is 10.2 Å². The van der Waals surface area contributed by atoms with E-state index in [1.54, 1.807) is 18.2 Å². The van der Waals surface area contributed by atoms with Gasteiger partial charge >= 0.3 is 0 Å². The average Bonchev–Trinajstić information content (AvgIpc) is 2.61. The average molecular weight is 317 g/mol. The second-order valence-corrected chi connectivity index (χ2v) is 5.24. The molecule has 0 heterocycles. The van der Waals surface area contributed by atoms with E-state index in [0.29, 0.717) is 17.1 Å². The summed E-state index contributed by atoms with van der Waals surface area (Å²) in [7, 11) is 0. The van der Waals surface area contributed by atoms with Crippen molar-refractivity contribution in [3.05, 3.63) is 64.8 Å². The predicted octanol–water partition coefficient (Wildman–Crippen LogP) is 6.36. The second-order valence-electron chi connectivity index (χ2n) is 5.24. The highest BCUT2D eigenvalue weighted by molar-refractivity contribution is 5.74. The predicted molar refractivity (Wildman–Crippen MR) is 97.9 cm³/mol. The first-order valence-corrected chi connectivity index (χ1v) is 7.79. The fraction of sp³-hybridized carbons (Fsp3) is 0.263. The summed E-state index contributed by atoms with van der Waals surface area (Å²) in [4.78, 5) is 8.95. The molecule has 2 rings (SSSR count). The molecular formula is C19H19N5. The van der Waals surface area contributed by atoms with Crippen molar-refractivity contribution in [3.63, 3.8) is 0 Å². The molecule has 0 saturated carbocycles. The fourth-order valence-corrected chi connectivity index (χ4v) is 2.41. The zero-order chi connectivity index (χ0) is 17.5. The lowest BCUT2D eigenvalue weighted by Gasteiger charge is -2.21. The largest absolute Gasteiger partial charge is 0.372 e. The van der Waals surface area contributed by atoms with Gasteiger partial charge in [-0.1, -0.05) is 6.07 Å². The normalized spacial score (nSPS) is 10.4. The maximum atomic E-state index is 7.12. The molecule has 0 unspecified atom stereocenters. The number of aryl methyl sites for hydroxylation is 1. The molecule has 0 spiro atoms. The molecule has 0 bridgehead atoms. The molecule has 0 atom stereocenters. The van der Waals surface area contributed by atoms with Crippen molar-refractivity contribution >= 4 is 28.4 Å². The summed E-state index contributed by atoms with van der Waals surface area (Å²) in [6.07, 6.45) is 0. The van der Waals surface area contributed by atoms with Crippen molar-refractivity contribution in [2.45, 2.75) is 20.8 Å². The van der Waals surface area contributed by atoms with Crippen LogP contribution < -0.4 is 4.90 Å². The Hall–Kier alpha value is -3.18. The zero-order valence-electron chi connectivity index (χ0n) is 14.1. The van der Waals surface area contributed by atoms with Gasteiger partial charge in [-0.15, -0.1) is 0 Å². The smallest absolute Gasteiger partial charge is 0.196 e. The highest BCUT2D eigenvalue weighted by atomic mass is 15.1. The maximum Gasteiger partial charge on any atom is 0.196 e. The molecule has 120 valence electrons. The second kappa shape index (κ2) is 7.89. The van der Waals surface area contributed by atoms with E-state index in [0.717, 1.165) is 24.3 Å². The molecule has 0 aliphatic rings. The van der Waals surface area contributed by atoms with Crippen LogP contribution in [0.1, 0.15) is 19.4 Å². The number of hydrogen-bond acceptors (Lipinski definition) is 3. The molecule has 0 N–H and O–H groups in total. The van der Waals surface area contributed by atoms with Crippen molar-refractivity contribution in [2.75, 3.05) is 18.0 Å². The molecule has 0 amide bonds. The molecule has 0 aliphatic carbocycles. The molecule has 0 radical (unpaired) electrons. The van der Waals surface area contributed by atoms with Crippen molar-refractivity contribution in [1.29, 1.82) is 0 Å². The van der Waals surface area contributed by atoms with E-state index in [-0.39, 0.29) is 0 Å². The van der Waals surface area contributed by atoms with Crippen LogP contribution in [0.3, 0.4) is 0 Å². The third kappa shape index (κ3) is 3.77. The summed E-state index contributed by atoms with van der Waals surface area (Å²) in [5.74, 6) is 0. The lowest BCUT2D eigenvalue weighted by Crippen LogP contribution is -2.21. The summed E-state index contributed by atoms with van der Waals surface area (Å²) in [6, 6.07) is 11.0. The number of azo groups is 1. The van der Waals surface area contributed by atoms with E-state index in [2.05, 4.69) is 44.7 Å². The van der Waals surface area contributed by atoms with Crippen LogP contribution in [0.5, 0.6) is 0 Å². The van der Waals surface area contributed by atoms with Crippen LogP contribution in [-0.2, 0) is 0 Å². The van der Waals surface area contributed by atoms with Crippen LogP contribution in [0.4, 0.5) is 28.4 Å². The van der Waals surface area contributed by atoms with Crippen molar-refractivity contribution < 1.29 is 0 Å². The molecule has 5 heteroatoms. The van der Waals surface area contributed by atoms with Gasteiger partial charge in [0.2, 0.25) is 0 Å². The number of anilines is 1. The van der Waals surface area contributed by atoms with E-state index >= 15 is 0 Å². The quantitative estimate of drug-likeness (QED) is 0.467. The van der Waals surface area contributed by atoms with Gasteiger partial charge in [0.15, 0.2) is 11.4 Å². The molecule has 5 nitrogen and oxygen atoms in total. The Morgan fingerprint density at radius 3 is 2.21 bits per heavy atom. The van der Waals surface area contributed by atoms with Gasteiger partial charge in [0.05, 0.1) is 24.5 Å². The minimum atomic E-state index is 0.301. The molecule has 0 aliphatic heterocycles. The first kappa shape index (κ1) is 17.2. The molecule has 0 saturated heterocycles. The van der Waals surface area contributed by atoms with Crippen LogP contribution >= 0.6 is 0 Å². The minimum Gasteiger partial charge on any atom is -0.372 e. The Labute approximate surface area is 142 Å². The summed E-state index contributed by atoms with van der Waals surface area (Å²) < 4.78 is 0. The molecule has 24 heavy (non-hydrogen) atoms. The van der Waals surface area contributed by atoms with Crippen LogP contribution in [-0.4, -0.2) is 13.1 Å². The summed E-state index contributed by atoms with van der Waals surface area (Å²) in [5.41, 5.74) is 4.23. The topological polar surface area (TPSA) is 36.7 Å². The van der Waals surface area contributed by atoms with E-state index in [9.17, 15) is 0 Å². The summed E-state index contributed by atoms with van der Waals surface area (Å²) >= 11 is 0. The highest BCUT2D eigenvalue weighted by Crippen LogP contribution is 2.33. The first-order valence-electron chi connectivity index (χ1n) is 7.79. The van der Waals surface area contributed by atoms with Crippen LogP contribution in [0, 0.1) is 20.1 Å². The van der Waals surface area contributed by atoms with Gasteiger partial charge < -0.3 is 4.90 Å². The summed E-state index contributed by atoms with van der Waals surface area (Å²) in [5, 5.41) is 8.49. The van der Waals surface area contributed by atoms with Crippen LogP contribution in [0.2, 0.25) is 0 Å². The standard InChI is InChI=1S/C19H19N5/c1-6-24(7-2)16-9-11-17(14(3)12-16)23-22-15-8-10-18(20-4)19(13-15)21-5/h8-13H,6-7H2,1-3H3. The molecule has 0 aromatic heterocycles. The lowest BCUT2D eigenvalue weighted by atomic mass is 10.1. The Balaban J connectivity index is 2.27. The van der Waals surface area contributed by atoms with Gasteiger partial charge in [0, 0.05) is 18.8 Å². The summed E-state index contributed by atoms with van der Waals surface area (Å²) in [6.45, 7) is 22.4. The van der Waals surface area contributed by atoms with E-state index in [1.165, 1.54) is 5.69 Å². The molecule has 0 fully saturated rings. The Morgan fingerprint density at radius 2 is 1.62 bits per heavy atom. The van der Waals surface area contributed by atoms with Crippen molar-refractivity contribution in [1.82, 2.24) is 0 Å². The van der Waals surface area contributed by atoms with Gasteiger partial charge in [-0.25, -0.2) is 0 Å². The third-order valence-corrected chi connectivity index (χ3v) is 3.78. The lowest BCUT2D eigenvalue weighted by molar-refractivity contribution is 0.865. The monoisotopic (exact) mass is 317 g/mol. The molecule has 2 aromatic rings. The number of nitrogens with zero attached hydrogens (tertiary/aromatic N) is 5. The van der Waals surface area contributed by atoms with Gasteiger partial charge in [0.1, 0.15) is 0 Å². The number of hydrogen-bond donors (Lipinski definition) is 0. The van der Waals surface area contributed by atoms with E-state index in [1.807, 2.05) is 19.1 Å². The van der Waals surface area contributed by atoms with Gasteiger partial charge in [-0.2, -0.15) is 10.2 Å². The van der Waals surface area contributed by atoms with Crippen molar-refractivity contribution in [3.8, 4) is 0 Å². The third-order valence-electron chi connectivity index (χ3n) is 3.78. The Morgan fingerprint density at radius 1 is 0.917 bits per heavy atom. The van der Waals surface area contributed by atoms with Crippen LogP contribution in [0.15, 0.2) is 46.6 Å². The number of benzene rings is 2. The first-order chi connectivity index (χ1) is 11.6. The fourth-order valence-electron chi connectivity index (χ4n) is 2.41. The highest BCUT2D eigenvalue weighted by Gasteiger charge is 2.05. The van der Waals surface area contributed by atoms with E-state index < -0.39 is 0 Å². The van der Waals surface area contributed by atoms with Gasteiger partial charge in [0.25, 0.3) is 0 Å². The Kier molecular flexibility index (Phi) is 5.65.